The summed E-state index contributed by atoms with van der Waals surface area (Å²) in [5.41, 5.74) is 4.91. The predicted octanol–water partition coefficient (Wildman–Crippen LogP) is 1.80. The summed E-state index contributed by atoms with van der Waals surface area (Å²) in [7, 11) is 1.77. The second kappa shape index (κ2) is 6.38. The second-order valence-electron chi connectivity index (χ2n) is 4.03. The van der Waals surface area contributed by atoms with Crippen LogP contribution >= 0.6 is 11.3 Å². The van der Waals surface area contributed by atoms with Gasteiger partial charge in [0.2, 0.25) is 5.95 Å². The lowest BCUT2D eigenvalue weighted by Crippen LogP contribution is -2.18. The normalized spacial score (nSPS) is 10.5. The summed E-state index contributed by atoms with van der Waals surface area (Å²) in [6.07, 6.45) is 0.180. The smallest absolute Gasteiger partial charge is 0.404 e. The Morgan fingerprint density at radius 3 is 2.95 bits per heavy atom. The van der Waals surface area contributed by atoms with E-state index in [0.29, 0.717) is 12.5 Å². The number of aryl methyl sites for hydroxylation is 1. The molecule has 2 rings (SSSR count). The number of aromatic nitrogens is 2. The minimum atomic E-state index is -0.778. The molecule has 0 aliphatic rings. The van der Waals surface area contributed by atoms with Crippen molar-refractivity contribution in [3.63, 3.8) is 0 Å². The molecule has 0 fully saturated rings. The van der Waals surface area contributed by atoms with Crippen molar-refractivity contribution in [2.45, 2.75) is 13.3 Å². The lowest BCUT2D eigenvalue weighted by Gasteiger charge is -2.08. The van der Waals surface area contributed by atoms with E-state index < -0.39 is 6.09 Å². The fourth-order valence-electron chi connectivity index (χ4n) is 1.71. The summed E-state index contributed by atoms with van der Waals surface area (Å²) < 4.78 is 4.68. The van der Waals surface area contributed by atoms with Crippen LogP contribution < -0.4 is 16.4 Å². The van der Waals surface area contributed by atoms with Crippen LogP contribution in [-0.2, 0) is 11.2 Å². The molecule has 0 unspecified atom stereocenters. The molecule has 0 saturated carbocycles. The Hall–Kier alpha value is -2.09. The Labute approximate surface area is 120 Å². The third kappa shape index (κ3) is 3.27. The number of carbonyl (C=O) groups is 1. The molecule has 0 radical (unpaired) electrons. The van der Waals surface area contributed by atoms with Gasteiger partial charge in [0.05, 0.1) is 11.9 Å². The number of nitrogens with two attached hydrogens (primary N) is 1. The zero-order valence-corrected chi connectivity index (χ0v) is 12.2. The van der Waals surface area contributed by atoms with Gasteiger partial charge in [-0.25, -0.2) is 9.78 Å². The Morgan fingerprint density at radius 1 is 1.50 bits per heavy atom. The zero-order chi connectivity index (χ0) is 14.5. The number of hydrogen-bond acceptors (Lipinski definition) is 7. The summed E-state index contributed by atoms with van der Waals surface area (Å²) in [5, 5.41) is 7.05. The van der Waals surface area contributed by atoms with Gasteiger partial charge >= 0.3 is 6.09 Å². The fraction of sp³-hybridized carbons (Fsp3) is 0.417. The Bertz CT molecular complexity index is 613. The molecule has 0 aromatic carbocycles. The number of nitrogens with one attached hydrogen (secondary N) is 2. The standard InChI is InChI=1S/C12H17N5O2S/c1-3-7-6-8-9(15-4-5-19-11(13)18)16-12(14-2)17-10(8)20-7/h6H,3-5H2,1-2H3,(H2,13,18)(H2,14,15,16,17). The van der Waals surface area contributed by atoms with Gasteiger partial charge in [0, 0.05) is 11.9 Å². The van der Waals surface area contributed by atoms with Crippen molar-refractivity contribution >= 4 is 39.4 Å². The molecule has 0 spiro atoms. The topological polar surface area (TPSA) is 102 Å². The highest BCUT2D eigenvalue weighted by Gasteiger charge is 2.10. The molecule has 2 aromatic heterocycles. The van der Waals surface area contributed by atoms with E-state index in [4.69, 9.17) is 5.73 Å². The van der Waals surface area contributed by atoms with Crippen LogP contribution in [0, 0.1) is 0 Å². The van der Waals surface area contributed by atoms with E-state index >= 15 is 0 Å². The predicted molar refractivity (Wildman–Crippen MR) is 80.4 cm³/mol. The summed E-state index contributed by atoms with van der Waals surface area (Å²) in [5.74, 6) is 1.28. The average molecular weight is 295 g/mol. The first kappa shape index (κ1) is 14.3. The van der Waals surface area contributed by atoms with Gasteiger partial charge in [-0.3, -0.25) is 0 Å². The van der Waals surface area contributed by atoms with Gasteiger partial charge in [-0.15, -0.1) is 11.3 Å². The first-order valence-corrected chi connectivity index (χ1v) is 7.10. The summed E-state index contributed by atoms with van der Waals surface area (Å²) in [6, 6.07) is 2.08. The SMILES string of the molecule is CCc1cc2c(NCCOC(N)=O)nc(NC)nc2s1. The van der Waals surface area contributed by atoms with Crippen molar-refractivity contribution in [3.8, 4) is 0 Å². The molecule has 4 N–H and O–H groups in total. The Kier molecular flexibility index (Phi) is 4.57. The van der Waals surface area contributed by atoms with Crippen LogP contribution in [0.5, 0.6) is 0 Å². The van der Waals surface area contributed by atoms with Crippen LogP contribution in [0.25, 0.3) is 10.2 Å². The maximum atomic E-state index is 10.5. The monoisotopic (exact) mass is 295 g/mol. The van der Waals surface area contributed by atoms with Crippen molar-refractivity contribution in [2.75, 3.05) is 30.8 Å². The van der Waals surface area contributed by atoms with Crippen LogP contribution in [0.4, 0.5) is 16.6 Å². The number of nitrogens with zero attached hydrogens (tertiary/aromatic N) is 2. The Morgan fingerprint density at radius 2 is 2.30 bits per heavy atom. The molecule has 20 heavy (non-hydrogen) atoms. The van der Waals surface area contributed by atoms with Crippen LogP contribution in [0.1, 0.15) is 11.8 Å². The number of ether oxygens (including phenoxy) is 1. The highest BCUT2D eigenvalue weighted by atomic mass is 32.1. The summed E-state index contributed by atoms with van der Waals surface area (Å²) in [4.78, 5) is 21.5. The van der Waals surface area contributed by atoms with Gasteiger partial charge in [-0.1, -0.05) is 6.92 Å². The minimum absolute atomic E-state index is 0.195. The van der Waals surface area contributed by atoms with Crippen molar-refractivity contribution in [2.24, 2.45) is 5.73 Å². The number of fused-ring (bicyclic) bond motifs is 1. The lowest BCUT2D eigenvalue weighted by atomic mass is 10.3. The van der Waals surface area contributed by atoms with Crippen LogP contribution in [0.2, 0.25) is 0 Å². The van der Waals surface area contributed by atoms with Crippen molar-refractivity contribution in [1.82, 2.24) is 9.97 Å². The van der Waals surface area contributed by atoms with Crippen LogP contribution in [-0.4, -0.2) is 36.3 Å². The second-order valence-corrected chi connectivity index (χ2v) is 5.14. The quantitative estimate of drug-likeness (QED) is 0.702. The van der Waals surface area contributed by atoms with E-state index in [1.165, 1.54) is 4.88 Å². The zero-order valence-electron chi connectivity index (χ0n) is 11.4. The molecular weight excluding hydrogens is 278 g/mol. The van der Waals surface area contributed by atoms with Gasteiger partial charge < -0.3 is 21.1 Å². The molecule has 2 heterocycles. The maximum absolute atomic E-state index is 10.5. The summed E-state index contributed by atoms with van der Waals surface area (Å²) in [6.45, 7) is 2.74. The highest BCUT2D eigenvalue weighted by Crippen LogP contribution is 2.30. The number of rotatable bonds is 6. The first-order valence-electron chi connectivity index (χ1n) is 6.28. The third-order valence-corrected chi connectivity index (χ3v) is 3.83. The largest absolute Gasteiger partial charge is 0.448 e. The molecule has 2 aromatic rings. The van der Waals surface area contributed by atoms with Gasteiger partial charge in [-0.2, -0.15) is 4.98 Å². The van der Waals surface area contributed by atoms with E-state index in [1.54, 1.807) is 18.4 Å². The number of carbonyl (C=O) groups excluding carboxylic acids is 1. The molecule has 0 bridgehead atoms. The number of anilines is 2. The molecule has 8 heteroatoms. The van der Waals surface area contributed by atoms with E-state index in [1.807, 2.05) is 0 Å². The maximum Gasteiger partial charge on any atom is 0.404 e. The van der Waals surface area contributed by atoms with Crippen molar-refractivity contribution in [3.05, 3.63) is 10.9 Å². The van der Waals surface area contributed by atoms with Crippen molar-refractivity contribution in [1.29, 1.82) is 0 Å². The molecule has 0 saturated heterocycles. The average Bonchev–Trinajstić information content (AvgIpc) is 2.86. The van der Waals surface area contributed by atoms with E-state index in [-0.39, 0.29) is 6.61 Å². The van der Waals surface area contributed by atoms with Crippen molar-refractivity contribution < 1.29 is 9.53 Å². The third-order valence-electron chi connectivity index (χ3n) is 2.65. The molecular formula is C12H17N5O2S. The molecule has 1 amide bonds. The van der Waals surface area contributed by atoms with Gasteiger partial charge in [0.1, 0.15) is 17.3 Å². The van der Waals surface area contributed by atoms with E-state index in [0.717, 1.165) is 22.5 Å². The number of thiophene rings is 1. The van der Waals surface area contributed by atoms with E-state index in [2.05, 4.69) is 38.3 Å². The van der Waals surface area contributed by atoms with Gasteiger partial charge in [0.25, 0.3) is 0 Å². The molecule has 7 nitrogen and oxygen atoms in total. The van der Waals surface area contributed by atoms with Gasteiger partial charge in [-0.05, 0) is 12.5 Å². The molecule has 0 aliphatic heterocycles. The van der Waals surface area contributed by atoms with Gasteiger partial charge in [0.15, 0.2) is 0 Å². The number of hydrogen-bond donors (Lipinski definition) is 3. The molecule has 108 valence electrons. The fourth-order valence-corrected chi connectivity index (χ4v) is 2.68. The number of amides is 1. The Balaban J connectivity index is 2.20. The minimum Gasteiger partial charge on any atom is -0.448 e. The molecule has 0 aliphatic carbocycles. The van der Waals surface area contributed by atoms with E-state index in [9.17, 15) is 4.79 Å². The first-order chi connectivity index (χ1) is 9.63. The molecule has 0 atom stereocenters. The van der Waals surface area contributed by atoms with Crippen LogP contribution in [0.3, 0.4) is 0 Å². The van der Waals surface area contributed by atoms with Crippen LogP contribution in [0.15, 0.2) is 6.07 Å². The summed E-state index contributed by atoms with van der Waals surface area (Å²) >= 11 is 1.65. The lowest BCUT2D eigenvalue weighted by molar-refractivity contribution is 0.161. The number of primary amides is 1. The highest BCUT2D eigenvalue weighted by molar-refractivity contribution is 7.18.